The molecule has 9 heteroatoms. The van der Waals surface area contributed by atoms with Crippen molar-refractivity contribution in [2.75, 3.05) is 11.9 Å². The number of rotatable bonds is 14. The monoisotopic (exact) mass is 533 g/mol. The minimum Gasteiger partial charge on any atom is -0.461 e. The van der Waals surface area contributed by atoms with Crippen LogP contribution in [-0.2, 0) is 25.7 Å². The fraction of sp³-hybridized carbons (Fsp3) is 0.433. The molecule has 2 aliphatic rings. The zero-order chi connectivity index (χ0) is 27.6. The van der Waals surface area contributed by atoms with Gasteiger partial charge >= 0.3 is 5.97 Å². The van der Waals surface area contributed by atoms with Gasteiger partial charge in [-0.3, -0.25) is 34.2 Å². The van der Waals surface area contributed by atoms with Gasteiger partial charge in [0.15, 0.2) is 0 Å². The molecule has 1 saturated heterocycles. The van der Waals surface area contributed by atoms with Crippen LogP contribution in [0.4, 0.5) is 5.69 Å². The molecule has 2 aromatic rings. The lowest BCUT2D eigenvalue weighted by Gasteiger charge is -2.27. The van der Waals surface area contributed by atoms with Crippen LogP contribution in [0.5, 0.6) is 0 Å². The fourth-order valence-electron chi connectivity index (χ4n) is 4.90. The summed E-state index contributed by atoms with van der Waals surface area (Å²) in [6.07, 6.45) is 7.90. The van der Waals surface area contributed by atoms with Crippen molar-refractivity contribution in [3.63, 3.8) is 0 Å². The highest BCUT2D eigenvalue weighted by atomic mass is 16.5. The van der Waals surface area contributed by atoms with E-state index in [9.17, 15) is 24.0 Å². The van der Waals surface area contributed by atoms with E-state index in [1.807, 2.05) is 30.3 Å². The van der Waals surface area contributed by atoms with Gasteiger partial charge < -0.3 is 10.1 Å². The van der Waals surface area contributed by atoms with Crippen LogP contribution in [-0.4, -0.2) is 47.1 Å². The molecule has 4 rings (SSSR count). The van der Waals surface area contributed by atoms with Crippen LogP contribution in [0.1, 0.15) is 90.5 Å². The van der Waals surface area contributed by atoms with Gasteiger partial charge in [-0.2, -0.15) is 0 Å². The van der Waals surface area contributed by atoms with Gasteiger partial charge in [-0.1, -0.05) is 62.4 Å². The molecule has 39 heavy (non-hydrogen) atoms. The van der Waals surface area contributed by atoms with Crippen LogP contribution >= 0.6 is 0 Å². The molecule has 4 amide bonds. The van der Waals surface area contributed by atoms with Gasteiger partial charge in [-0.15, -0.1) is 0 Å². The number of nitrogens with one attached hydrogen (secondary N) is 2. The summed E-state index contributed by atoms with van der Waals surface area (Å²) in [7, 11) is 0. The van der Waals surface area contributed by atoms with Gasteiger partial charge in [0.2, 0.25) is 11.8 Å². The predicted molar refractivity (Wildman–Crippen MR) is 145 cm³/mol. The van der Waals surface area contributed by atoms with Crippen LogP contribution in [0.15, 0.2) is 48.5 Å². The zero-order valence-corrected chi connectivity index (χ0v) is 22.1. The first-order valence-electron chi connectivity index (χ1n) is 13.7. The predicted octanol–water partition coefficient (Wildman–Crippen LogP) is 4.36. The minimum absolute atomic E-state index is 0.0977. The highest BCUT2D eigenvalue weighted by Crippen LogP contribution is 2.29. The second kappa shape index (κ2) is 13.7. The van der Waals surface area contributed by atoms with Crippen LogP contribution in [0.25, 0.3) is 0 Å². The number of carbonyl (C=O) groups is 5. The zero-order valence-electron chi connectivity index (χ0n) is 22.1. The Bertz CT molecular complexity index is 1210. The molecule has 2 aromatic carbocycles. The number of fused-ring (bicyclic) bond motifs is 1. The Hall–Kier alpha value is -4.01. The fourth-order valence-corrected chi connectivity index (χ4v) is 4.90. The summed E-state index contributed by atoms with van der Waals surface area (Å²) in [5, 5.41) is 5.51. The topological polar surface area (TPSA) is 122 Å². The number of ether oxygens (including phenoxy) is 1. The largest absolute Gasteiger partial charge is 0.461 e. The van der Waals surface area contributed by atoms with E-state index in [1.165, 1.54) is 0 Å². The molecular formula is C30H35N3O6. The molecule has 2 heterocycles. The second-order valence-electron chi connectivity index (χ2n) is 10.0. The van der Waals surface area contributed by atoms with E-state index in [4.69, 9.17) is 4.74 Å². The Balaban J connectivity index is 1.08. The molecule has 9 nitrogen and oxygen atoms in total. The maximum atomic E-state index is 12.9. The minimum atomic E-state index is -0.958. The number of anilines is 1. The summed E-state index contributed by atoms with van der Waals surface area (Å²) in [5.74, 6) is -2.15. The standard InChI is InChI=1S/C30H35N3O6/c34-26-17-16-25(28(36)32-26)33-29(37)23-15-14-22(19-24(23)30(33)38)31-18-10-5-3-1-2-4-9-13-27(35)39-20-21-11-7-6-8-12-21/h6-8,11-12,14-15,19,25,31H,1-5,9-10,13,16-18,20H2,(H,32,34,36). The lowest BCUT2D eigenvalue weighted by molar-refractivity contribution is -0.145. The Morgan fingerprint density at radius 3 is 2.31 bits per heavy atom. The first-order valence-corrected chi connectivity index (χ1v) is 13.7. The van der Waals surface area contributed by atoms with E-state index in [1.54, 1.807) is 18.2 Å². The third kappa shape index (κ3) is 7.52. The van der Waals surface area contributed by atoms with Crippen LogP contribution in [0, 0.1) is 0 Å². The third-order valence-corrected chi connectivity index (χ3v) is 7.07. The maximum absolute atomic E-state index is 12.9. The van der Waals surface area contributed by atoms with Gasteiger partial charge in [-0.25, -0.2) is 0 Å². The van der Waals surface area contributed by atoms with Crippen molar-refractivity contribution in [2.24, 2.45) is 0 Å². The van der Waals surface area contributed by atoms with E-state index in [2.05, 4.69) is 10.6 Å². The van der Waals surface area contributed by atoms with E-state index >= 15 is 0 Å². The van der Waals surface area contributed by atoms with Crippen LogP contribution < -0.4 is 10.6 Å². The van der Waals surface area contributed by atoms with E-state index in [-0.39, 0.29) is 29.9 Å². The van der Waals surface area contributed by atoms with Crippen molar-refractivity contribution in [1.29, 1.82) is 0 Å². The molecule has 0 bridgehead atoms. The SMILES string of the molecule is O=C1CCC(N2C(=O)c3ccc(NCCCCCCCCCC(=O)OCc4ccccc4)cc3C2=O)C(=O)N1. The lowest BCUT2D eigenvalue weighted by atomic mass is 10.0. The summed E-state index contributed by atoms with van der Waals surface area (Å²) in [6, 6.07) is 13.8. The molecule has 2 N–H and O–H groups in total. The van der Waals surface area contributed by atoms with Crippen molar-refractivity contribution in [3.05, 3.63) is 65.2 Å². The number of unbranched alkanes of at least 4 members (excludes halogenated alkanes) is 6. The average Bonchev–Trinajstić information content (AvgIpc) is 3.18. The van der Waals surface area contributed by atoms with Gasteiger partial charge in [0.1, 0.15) is 12.6 Å². The number of esters is 1. The number of carbonyl (C=O) groups excluding carboxylic acids is 5. The molecule has 1 atom stereocenters. The van der Waals surface area contributed by atoms with Crippen LogP contribution in [0.2, 0.25) is 0 Å². The molecule has 0 aromatic heterocycles. The van der Waals surface area contributed by atoms with Crippen LogP contribution in [0.3, 0.4) is 0 Å². The normalized spacial score (nSPS) is 16.7. The Morgan fingerprint density at radius 2 is 1.56 bits per heavy atom. The number of piperidine rings is 1. The number of benzene rings is 2. The number of amides is 4. The van der Waals surface area contributed by atoms with Crippen molar-refractivity contribution in [3.8, 4) is 0 Å². The first-order chi connectivity index (χ1) is 18.9. The first kappa shape index (κ1) is 28.0. The molecule has 0 saturated carbocycles. The van der Waals surface area contributed by atoms with Crippen molar-refractivity contribution < 1.29 is 28.7 Å². The highest BCUT2D eigenvalue weighted by molar-refractivity contribution is 6.23. The van der Waals surface area contributed by atoms with Crippen molar-refractivity contribution in [1.82, 2.24) is 10.2 Å². The van der Waals surface area contributed by atoms with Crippen molar-refractivity contribution in [2.45, 2.75) is 76.9 Å². The second-order valence-corrected chi connectivity index (χ2v) is 10.0. The molecule has 206 valence electrons. The molecule has 0 spiro atoms. The van der Waals surface area contributed by atoms with E-state index in [0.29, 0.717) is 13.0 Å². The molecule has 1 fully saturated rings. The molecule has 0 aliphatic carbocycles. The molecule has 1 unspecified atom stereocenters. The highest BCUT2D eigenvalue weighted by Gasteiger charge is 2.44. The van der Waals surface area contributed by atoms with E-state index in [0.717, 1.165) is 67.6 Å². The molecular weight excluding hydrogens is 498 g/mol. The Morgan fingerprint density at radius 1 is 0.872 bits per heavy atom. The maximum Gasteiger partial charge on any atom is 0.306 e. The summed E-state index contributed by atoms with van der Waals surface area (Å²) >= 11 is 0. The summed E-state index contributed by atoms with van der Waals surface area (Å²) in [5.41, 5.74) is 2.30. The number of imide groups is 2. The summed E-state index contributed by atoms with van der Waals surface area (Å²) in [6.45, 7) is 1.07. The molecule has 0 radical (unpaired) electrons. The Kier molecular flexibility index (Phi) is 9.83. The average molecular weight is 534 g/mol. The quantitative estimate of drug-likeness (QED) is 0.210. The third-order valence-electron chi connectivity index (χ3n) is 7.07. The van der Waals surface area contributed by atoms with Gasteiger partial charge in [-0.05, 0) is 43.0 Å². The van der Waals surface area contributed by atoms with E-state index < -0.39 is 29.7 Å². The van der Waals surface area contributed by atoms with Crippen molar-refractivity contribution >= 4 is 35.3 Å². The smallest absolute Gasteiger partial charge is 0.306 e. The van der Waals surface area contributed by atoms with Gasteiger partial charge in [0, 0.05) is 25.1 Å². The Labute approximate surface area is 228 Å². The molecule has 2 aliphatic heterocycles. The summed E-state index contributed by atoms with van der Waals surface area (Å²) < 4.78 is 5.30. The van der Waals surface area contributed by atoms with Gasteiger partial charge in [0.05, 0.1) is 11.1 Å². The number of nitrogens with zero attached hydrogens (tertiary/aromatic N) is 1. The number of hydrogen-bond donors (Lipinski definition) is 2. The summed E-state index contributed by atoms with van der Waals surface area (Å²) in [4.78, 5) is 62.2. The van der Waals surface area contributed by atoms with Gasteiger partial charge in [0.25, 0.3) is 11.8 Å². The number of hydrogen-bond acceptors (Lipinski definition) is 7. The lowest BCUT2D eigenvalue weighted by Crippen LogP contribution is -2.54.